The number of likely N-dealkylation sites (tertiary alicyclic amines) is 2. The fourth-order valence-corrected chi connectivity index (χ4v) is 6.18. The van der Waals surface area contributed by atoms with E-state index in [-0.39, 0.29) is 29.8 Å². The van der Waals surface area contributed by atoms with Crippen LogP contribution in [0, 0.1) is 12.7 Å². The molecule has 0 spiro atoms. The highest BCUT2D eigenvalue weighted by molar-refractivity contribution is 6.36. The van der Waals surface area contributed by atoms with Crippen LogP contribution in [0.1, 0.15) is 53.0 Å². The van der Waals surface area contributed by atoms with Crippen LogP contribution in [0.25, 0.3) is 22.8 Å². The number of aliphatic hydroxyl groups is 1. The SMILES string of the molecule is Cc1cc(C(=O)N2CCC[C@H]2CN2CCC(O)CC2)c(/C=C2\C(=O)Nc3cccc(-c4ccccc4F)c32)[nH]1. The highest BCUT2D eigenvalue weighted by Crippen LogP contribution is 2.41. The molecule has 0 bridgehead atoms. The fraction of sp³-hybridized carbons (Fsp3) is 0.355. The van der Waals surface area contributed by atoms with E-state index in [0.29, 0.717) is 45.8 Å². The maximum absolute atomic E-state index is 14.8. The molecule has 0 unspecified atom stereocenters. The Hall–Kier alpha value is -3.75. The number of H-pyrrole nitrogens is 1. The maximum atomic E-state index is 14.8. The molecule has 1 aromatic heterocycles. The summed E-state index contributed by atoms with van der Waals surface area (Å²) in [5.74, 6) is -0.697. The minimum Gasteiger partial charge on any atom is -0.393 e. The van der Waals surface area contributed by atoms with Gasteiger partial charge in [0.1, 0.15) is 5.82 Å². The first-order valence-corrected chi connectivity index (χ1v) is 13.7. The number of aliphatic hydroxyl groups excluding tert-OH is 1. The van der Waals surface area contributed by atoms with E-state index in [4.69, 9.17) is 0 Å². The van der Waals surface area contributed by atoms with Crippen molar-refractivity contribution in [2.75, 3.05) is 31.5 Å². The average Bonchev–Trinajstić information content (AvgIpc) is 3.62. The molecule has 8 heteroatoms. The minimum atomic E-state index is -0.362. The largest absolute Gasteiger partial charge is 0.393 e. The van der Waals surface area contributed by atoms with Gasteiger partial charge in [0.15, 0.2) is 0 Å². The van der Waals surface area contributed by atoms with Gasteiger partial charge in [-0.3, -0.25) is 9.59 Å². The van der Waals surface area contributed by atoms with Crippen molar-refractivity contribution in [3.8, 4) is 11.1 Å². The van der Waals surface area contributed by atoms with Gasteiger partial charge in [0.05, 0.1) is 22.9 Å². The zero-order chi connectivity index (χ0) is 27.1. The van der Waals surface area contributed by atoms with Crippen molar-refractivity contribution in [1.29, 1.82) is 0 Å². The van der Waals surface area contributed by atoms with E-state index >= 15 is 0 Å². The van der Waals surface area contributed by atoms with Crippen LogP contribution in [0.15, 0.2) is 48.5 Å². The number of aryl methyl sites for hydroxylation is 1. The Morgan fingerprint density at radius 3 is 2.64 bits per heavy atom. The molecule has 2 fully saturated rings. The van der Waals surface area contributed by atoms with E-state index in [1.54, 1.807) is 36.4 Å². The number of fused-ring (bicyclic) bond motifs is 1. The summed E-state index contributed by atoms with van der Waals surface area (Å²) in [5, 5.41) is 12.8. The summed E-state index contributed by atoms with van der Waals surface area (Å²) in [6, 6.07) is 13.9. The zero-order valence-electron chi connectivity index (χ0n) is 22.0. The number of hydrogen-bond donors (Lipinski definition) is 3. The summed E-state index contributed by atoms with van der Waals surface area (Å²) in [6.07, 6.45) is 4.95. The molecule has 202 valence electrons. The molecule has 0 saturated carbocycles. The number of nitrogens with zero attached hydrogens (tertiary/aromatic N) is 2. The van der Waals surface area contributed by atoms with Crippen LogP contribution in [-0.2, 0) is 4.79 Å². The molecule has 6 rings (SSSR count). The molecule has 4 heterocycles. The first-order valence-electron chi connectivity index (χ1n) is 13.7. The summed E-state index contributed by atoms with van der Waals surface area (Å²) >= 11 is 0. The van der Waals surface area contributed by atoms with Crippen LogP contribution < -0.4 is 5.32 Å². The number of carbonyl (C=O) groups is 2. The Morgan fingerprint density at radius 2 is 1.85 bits per heavy atom. The Labute approximate surface area is 227 Å². The second-order valence-electron chi connectivity index (χ2n) is 10.8. The Bertz CT molecular complexity index is 1450. The quantitative estimate of drug-likeness (QED) is 0.420. The maximum Gasteiger partial charge on any atom is 0.256 e. The summed E-state index contributed by atoms with van der Waals surface area (Å²) in [4.78, 5) is 34.6. The summed E-state index contributed by atoms with van der Waals surface area (Å²) in [6.45, 7) is 5.09. The van der Waals surface area contributed by atoms with Crippen molar-refractivity contribution < 1.29 is 19.1 Å². The molecular formula is C31H33FN4O3. The second kappa shape index (κ2) is 10.4. The third kappa shape index (κ3) is 4.90. The van der Waals surface area contributed by atoms with Gasteiger partial charge in [-0.15, -0.1) is 0 Å². The van der Waals surface area contributed by atoms with E-state index in [9.17, 15) is 19.1 Å². The number of hydrogen-bond acceptors (Lipinski definition) is 4. The van der Waals surface area contributed by atoms with Gasteiger partial charge in [-0.1, -0.05) is 30.3 Å². The van der Waals surface area contributed by atoms with Gasteiger partial charge in [-0.2, -0.15) is 0 Å². The zero-order valence-corrected chi connectivity index (χ0v) is 22.0. The van der Waals surface area contributed by atoms with Crippen molar-refractivity contribution >= 4 is 29.2 Å². The van der Waals surface area contributed by atoms with E-state index in [1.807, 2.05) is 24.0 Å². The molecule has 1 atom stereocenters. The van der Waals surface area contributed by atoms with Crippen molar-refractivity contribution in [1.82, 2.24) is 14.8 Å². The van der Waals surface area contributed by atoms with E-state index in [1.165, 1.54) is 6.07 Å². The molecule has 3 N–H and O–H groups in total. The lowest BCUT2D eigenvalue weighted by Crippen LogP contribution is -2.46. The number of benzene rings is 2. The fourth-order valence-electron chi connectivity index (χ4n) is 6.18. The molecule has 3 aliphatic rings. The average molecular weight is 529 g/mol. The first-order chi connectivity index (χ1) is 18.9. The van der Waals surface area contributed by atoms with Gasteiger partial charge < -0.3 is 25.2 Å². The minimum absolute atomic E-state index is 0.0493. The summed E-state index contributed by atoms with van der Waals surface area (Å²) in [7, 11) is 0. The first kappa shape index (κ1) is 25.5. The number of piperidine rings is 1. The van der Waals surface area contributed by atoms with Crippen LogP contribution in [0.5, 0.6) is 0 Å². The molecule has 0 radical (unpaired) electrons. The third-order valence-corrected chi connectivity index (χ3v) is 8.16. The van der Waals surface area contributed by atoms with E-state index < -0.39 is 0 Å². The molecule has 2 saturated heterocycles. The van der Waals surface area contributed by atoms with Crippen LogP contribution in [-0.4, -0.2) is 70.0 Å². The van der Waals surface area contributed by atoms with E-state index in [0.717, 1.165) is 51.0 Å². The smallest absolute Gasteiger partial charge is 0.256 e. The monoisotopic (exact) mass is 528 g/mol. The van der Waals surface area contributed by atoms with Crippen molar-refractivity contribution in [2.45, 2.75) is 44.8 Å². The molecule has 7 nitrogen and oxygen atoms in total. The molecule has 39 heavy (non-hydrogen) atoms. The van der Waals surface area contributed by atoms with Crippen molar-refractivity contribution in [3.05, 3.63) is 76.9 Å². The normalized spacial score (nSPS) is 21.0. The van der Waals surface area contributed by atoms with Crippen LogP contribution in [0.3, 0.4) is 0 Å². The van der Waals surface area contributed by atoms with Gasteiger partial charge in [0.2, 0.25) is 0 Å². The topological polar surface area (TPSA) is 88.7 Å². The Balaban J connectivity index is 1.33. The van der Waals surface area contributed by atoms with Gasteiger partial charge >= 0.3 is 0 Å². The van der Waals surface area contributed by atoms with Gasteiger partial charge in [0, 0.05) is 54.7 Å². The summed E-state index contributed by atoms with van der Waals surface area (Å²) < 4.78 is 14.8. The number of carbonyl (C=O) groups excluding carboxylic acids is 2. The number of amides is 2. The lowest BCUT2D eigenvalue weighted by atomic mass is 9.94. The number of anilines is 1. The second-order valence-corrected chi connectivity index (χ2v) is 10.8. The third-order valence-electron chi connectivity index (χ3n) is 8.16. The molecule has 2 amide bonds. The number of halogens is 1. The molecule has 3 aromatic rings. The van der Waals surface area contributed by atoms with Crippen LogP contribution >= 0.6 is 0 Å². The molecule has 2 aromatic carbocycles. The van der Waals surface area contributed by atoms with Gasteiger partial charge in [-0.05, 0) is 62.4 Å². The Kier molecular flexibility index (Phi) is 6.83. The number of rotatable bonds is 5. The molecule has 3 aliphatic heterocycles. The predicted octanol–water partition coefficient (Wildman–Crippen LogP) is 4.68. The highest BCUT2D eigenvalue weighted by atomic mass is 19.1. The standard InChI is InChI=1S/C31H33FN4O3/c1-19-16-24(31(39)36-13-5-6-20(36)18-35-14-11-21(37)12-15-35)28(33-19)17-25-29-23(22-7-2-3-9-26(22)32)8-4-10-27(29)34-30(25)38/h2-4,7-10,16-17,20-21,33,37H,5-6,11-15,18H2,1H3,(H,34,38)/b25-17-/t20-/m0/s1. The number of aromatic amines is 1. The lowest BCUT2D eigenvalue weighted by Gasteiger charge is -2.34. The highest BCUT2D eigenvalue weighted by Gasteiger charge is 2.34. The van der Waals surface area contributed by atoms with Crippen molar-refractivity contribution in [2.24, 2.45) is 0 Å². The number of nitrogens with one attached hydrogen (secondary N) is 2. The molecular weight excluding hydrogens is 495 g/mol. The Morgan fingerprint density at radius 1 is 1.08 bits per heavy atom. The van der Waals surface area contributed by atoms with Crippen molar-refractivity contribution in [3.63, 3.8) is 0 Å². The molecule has 0 aliphatic carbocycles. The van der Waals surface area contributed by atoms with Gasteiger partial charge in [-0.25, -0.2) is 4.39 Å². The predicted molar refractivity (Wildman–Crippen MR) is 150 cm³/mol. The number of aromatic nitrogens is 1. The van der Waals surface area contributed by atoms with Crippen LogP contribution in [0.4, 0.5) is 10.1 Å². The summed E-state index contributed by atoms with van der Waals surface area (Å²) in [5.41, 5.74) is 4.62. The van der Waals surface area contributed by atoms with E-state index in [2.05, 4.69) is 15.2 Å². The lowest BCUT2D eigenvalue weighted by molar-refractivity contribution is -0.110. The van der Waals surface area contributed by atoms with Crippen LogP contribution in [0.2, 0.25) is 0 Å². The van der Waals surface area contributed by atoms with Gasteiger partial charge in [0.25, 0.3) is 11.8 Å².